The Morgan fingerprint density at radius 2 is 1.56 bits per heavy atom. The van der Waals surface area contributed by atoms with Crippen LogP contribution in [-0.4, -0.2) is 14.7 Å². The van der Waals surface area contributed by atoms with Gasteiger partial charge in [-0.2, -0.15) is 5.10 Å². The van der Waals surface area contributed by atoms with Crippen molar-refractivity contribution >= 4 is 5.69 Å². The highest BCUT2D eigenvalue weighted by molar-refractivity contribution is 5.71. The fourth-order valence-electron chi connectivity index (χ4n) is 3.00. The van der Waals surface area contributed by atoms with Crippen molar-refractivity contribution in [3.8, 4) is 28.2 Å². The van der Waals surface area contributed by atoms with E-state index >= 15 is 0 Å². The SMILES string of the molecule is Cc1ccc(-n2nc(-c3ccccc3)cc2-c2cccc([N+](=O)[O-])c2)cc1. The van der Waals surface area contributed by atoms with Crippen molar-refractivity contribution in [3.63, 3.8) is 0 Å². The van der Waals surface area contributed by atoms with Crippen LogP contribution in [0.1, 0.15) is 5.56 Å². The third kappa shape index (κ3) is 3.35. The van der Waals surface area contributed by atoms with Gasteiger partial charge in [0.2, 0.25) is 0 Å². The second-order valence-electron chi connectivity index (χ2n) is 6.34. The highest BCUT2D eigenvalue weighted by Crippen LogP contribution is 2.30. The minimum atomic E-state index is -0.381. The van der Waals surface area contributed by atoms with Crippen LogP contribution in [0.2, 0.25) is 0 Å². The number of benzene rings is 3. The Kier molecular flexibility index (Phi) is 4.26. The zero-order valence-corrected chi connectivity index (χ0v) is 14.7. The number of hydrogen-bond donors (Lipinski definition) is 0. The average molecular weight is 355 g/mol. The summed E-state index contributed by atoms with van der Waals surface area (Å²) in [7, 11) is 0. The molecule has 1 heterocycles. The molecule has 1 aromatic heterocycles. The lowest BCUT2D eigenvalue weighted by atomic mass is 10.1. The Balaban J connectivity index is 1.91. The first-order valence-electron chi connectivity index (χ1n) is 8.59. The summed E-state index contributed by atoms with van der Waals surface area (Å²) in [6.45, 7) is 2.03. The molecule has 0 aliphatic rings. The first-order valence-corrected chi connectivity index (χ1v) is 8.59. The van der Waals surface area contributed by atoms with Gasteiger partial charge in [0.25, 0.3) is 5.69 Å². The van der Waals surface area contributed by atoms with E-state index in [1.165, 1.54) is 6.07 Å². The first kappa shape index (κ1) is 16.7. The molecule has 0 unspecified atom stereocenters. The molecule has 132 valence electrons. The van der Waals surface area contributed by atoms with Gasteiger partial charge in [0, 0.05) is 23.3 Å². The van der Waals surface area contributed by atoms with Gasteiger partial charge in [0.15, 0.2) is 0 Å². The van der Waals surface area contributed by atoms with E-state index in [0.717, 1.165) is 33.8 Å². The first-order chi connectivity index (χ1) is 13.1. The van der Waals surface area contributed by atoms with Crippen molar-refractivity contribution in [1.82, 2.24) is 9.78 Å². The molecule has 0 bridgehead atoms. The predicted octanol–water partition coefficient (Wildman–Crippen LogP) is 5.42. The van der Waals surface area contributed by atoms with E-state index in [2.05, 4.69) is 0 Å². The zero-order valence-electron chi connectivity index (χ0n) is 14.7. The number of nitro groups is 1. The van der Waals surface area contributed by atoms with Gasteiger partial charge < -0.3 is 0 Å². The van der Waals surface area contributed by atoms with Gasteiger partial charge in [0.1, 0.15) is 0 Å². The van der Waals surface area contributed by atoms with Crippen molar-refractivity contribution < 1.29 is 4.92 Å². The van der Waals surface area contributed by atoms with Crippen molar-refractivity contribution in [2.45, 2.75) is 6.92 Å². The van der Waals surface area contributed by atoms with E-state index in [0.29, 0.717) is 0 Å². The summed E-state index contributed by atoms with van der Waals surface area (Å²) in [5, 5.41) is 16.0. The molecule has 0 spiro atoms. The Hall–Kier alpha value is -3.73. The van der Waals surface area contributed by atoms with E-state index in [4.69, 9.17) is 5.10 Å². The molecule has 0 aliphatic carbocycles. The highest BCUT2D eigenvalue weighted by atomic mass is 16.6. The number of hydrogen-bond acceptors (Lipinski definition) is 3. The average Bonchev–Trinajstić information content (AvgIpc) is 3.15. The van der Waals surface area contributed by atoms with Gasteiger partial charge in [-0.1, -0.05) is 60.2 Å². The minimum Gasteiger partial charge on any atom is -0.258 e. The molecule has 0 saturated carbocycles. The number of non-ortho nitro benzene ring substituents is 1. The quantitative estimate of drug-likeness (QED) is 0.362. The summed E-state index contributed by atoms with van der Waals surface area (Å²) < 4.78 is 1.83. The highest BCUT2D eigenvalue weighted by Gasteiger charge is 2.15. The number of nitrogens with zero attached hydrogens (tertiary/aromatic N) is 3. The summed E-state index contributed by atoms with van der Waals surface area (Å²) in [6.07, 6.45) is 0. The van der Waals surface area contributed by atoms with Crippen molar-refractivity contribution in [2.75, 3.05) is 0 Å². The Bertz CT molecular complexity index is 1100. The lowest BCUT2D eigenvalue weighted by Gasteiger charge is -2.08. The fourth-order valence-corrected chi connectivity index (χ4v) is 3.00. The monoisotopic (exact) mass is 355 g/mol. The summed E-state index contributed by atoms with van der Waals surface area (Å²) >= 11 is 0. The number of aryl methyl sites for hydroxylation is 1. The normalized spacial score (nSPS) is 10.7. The van der Waals surface area contributed by atoms with Crippen molar-refractivity contribution in [1.29, 1.82) is 0 Å². The van der Waals surface area contributed by atoms with Crippen LogP contribution < -0.4 is 0 Å². The smallest absolute Gasteiger partial charge is 0.258 e. The molecule has 0 saturated heterocycles. The molecule has 27 heavy (non-hydrogen) atoms. The van der Waals surface area contributed by atoms with E-state index in [9.17, 15) is 10.1 Å². The topological polar surface area (TPSA) is 61.0 Å². The van der Waals surface area contributed by atoms with Gasteiger partial charge in [-0.15, -0.1) is 0 Å². The molecule has 4 aromatic rings. The molecule has 0 aliphatic heterocycles. The molecule has 3 aromatic carbocycles. The molecule has 4 rings (SSSR count). The van der Waals surface area contributed by atoms with Gasteiger partial charge in [0.05, 0.1) is 22.0 Å². The third-order valence-corrected chi connectivity index (χ3v) is 4.41. The zero-order chi connectivity index (χ0) is 18.8. The van der Waals surface area contributed by atoms with Crippen LogP contribution in [0.4, 0.5) is 5.69 Å². The second kappa shape index (κ2) is 6.88. The van der Waals surface area contributed by atoms with Gasteiger partial charge in [-0.25, -0.2) is 4.68 Å². The Morgan fingerprint density at radius 3 is 2.26 bits per heavy atom. The van der Waals surface area contributed by atoms with Gasteiger partial charge in [-0.3, -0.25) is 10.1 Å². The largest absolute Gasteiger partial charge is 0.270 e. The van der Waals surface area contributed by atoms with Gasteiger partial charge in [-0.05, 0) is 25.1 Å². The maximum absolute atomic E-state index is 11.2. The summed E-state index contributed by atoms with van der Waals surface area (Å²) in [5.41, 5.74) is 5.49. The lowest BCUT2D eigenvalue weighted by Crippen LogP contribution is -1.99. The van der Waals surface area contributed by atoms with Crippen LogP contribution in [0.15, 0.2) is 84.9 Å². The summed E-state index contributed by atoms with van der Waals surface area (Å²) in [6, 6.07) is 26.5. The molecular weight excluding hydrogens is 338 g/mol. The summed E-state index contributed by atoms with van der Waals surface area (Å²) in [4.78, 5) is 10.8. The maximum Gasteiger partial charge on any atom is 0.270 e. The fraction of sp³-hybridized carbons (Fsp3) is 0.0455. The van der Waals surface area contributed by atoms with Crippen molar-refractivity contribution in [2.24, 2.45) is 0 Å². The molecule has 5 nitrogen and oxygen atoms in total. The molecule has 0 radical (unpaired) electrons. The van der Waals surface area contributed by atoms with Crippen LogP contribution in [0.5, 0.6) is 0 Å². The van der Waals surface area contributed by atoms with Crippen LogP contribution in [0.25, 0.3) is 28.2 Å². The second-order valence-corrected chi connectivity index (χ2v) is 6.34. The minimum absolute atomic E-state index is 0.0606. The van der Waals surface area contributed by atoms with Crippen LogP contribution in [0, 0.1) is 17.0 Å². The molecular formula is C22H17N3O2. The number of nitro benzene ring substituents is 1. The van der Waals surface area contributed by atoms with E-state index < -0.39 is 0 Å². The maximum atomic E-state index is 11.2. The van der Waals surface area contributed by atoms with Crippen LogP contribution in [-0.2, 0) is 0 Å². The summed E-state index contributed by atoms with van der Waals surface area (Å²) in [5.74, 6) is 0. The third-order valence-electron chi connectivity index (χ3n) is 4.41. The number of aromatic nitrogens is 2. The molecule has 0 atom stereocenters. The molecule has 0 fully saturated rings. The predicted molar refractivity (Wildman–Crippen MR) is 106 cm³/mol. The molecule has 5 heteroatoms. The number of rotatable bonds is 4. The van der Waals surface area contributed by atoms with E-state index in [1.54, 1.807) is 12.1 Å². The van der Waals surface area contributed by atoms with Crippen LogP contribution >= 0.6 is 0 Å². The van der Waals surface area contributed by atoms with Gasteiger partial charge >= 0.3 is 0 Å². The van der Waals surface area contributed by atoms with E-state index in [-0.39, 0.29) is 10.6 Å². The molecule has 0 amide bonds. The standard InChI is InChI=1S/C22H17N3O2/c1-16-10-12-19(13-11-16)24-22(18-8-5-9-20(14-18)25(26)27)15-21(23-24)17-6-3-2-4-7-17/h2-15H,1H3. The Morgan fingerprint density at radius 1 is 0.852 bits per heavy atom. The van der Waals surface area contributed by atoms with Crippen molar-refractivity contribution in [3.05, 3.63) is 101 Å². The lowest BCUT2D eigenvalue weighted by molar-refractivity contribution is -0.384. The Labute approximate surface area is 156 Å². The van der Waals surface area contributed by atoms with Crippen LogP contribution in [0.3, 0.4) is 0 Å². The van der Waals surface area contributed by atoms with E-state index in [1.807, 2.05) is 78.3 Å². The molecule has 0 N–H and O–H groups in total.